The van der Waals surface area contributed by atoms with Crippen molar-refractivity contribution in [3.63, 3.8) is 0 Å². The molecule has 2 unspecified atom stereocenters. The molecule has 1 aromatic heterocycles. The molecule has 2 aliphatic rings. The summed E-state index contributed by atoms with van der Waals surface area (Å²) < 4.78 is 0. The van der Waals surface area contributed by atoms with Crippen LogP contribution in [0.5, 0.6) is 0 Å². The molecule has 0 spiro atoms. The lowest BCUT2D eigenvalue weighted by Gasteiger charge is -1.99. The molecule has 13 heavy (non-hydrogen) atoms. The van der Waals surface area contributed by atoms with Gasteiger partial charge < -0.3 is 5.32 Å². The average molecular weight is 194 g/mol. The number of hydrogen-bond acceptors (Lipinski definition) is 3. The first-order valence-electron chi connectivity index (χ1n) is 5.06. The second kappa shape index (κ2) is 3.07. The topological polar surface area (TPSA) is 24.9 Å². The van der Waals surface area contributed by atoms with Gasteiger partial charge >= 0.3 is 0 Å². The lowest BCUT2D eigenvalue weighted by molar-refractivity contribution is 0.623. The molecule has 0 aromatic carbocycles. The summed E-state index contributed by atoms with van der Waals surface area (Å²) in [5.41, 5.74) is 0. The Bertz CT molecular complexity index is 279. The molecule has 1 aromatic rings. The van der Waals surface area contributed by atoms with Crippen molar-refractivity contribution in [2.45, 2.75) is 31.2 Å². The van der Waals surface area contributed by atoms with Gasteiger partial charge in [0.1, 0.15) is 0 Å². The first kappa shape index (κ1) is 7.94. The van der Waals surface area contributed by atoms with E-state index in [1.165, 1.54) is 30.8 Å². The molecule has 0 amide bonds. The molecule has 3 heteroatoms. The van der Waals surface area contributed by atoms with Crippen LogP contribution in [-0.2, 0) is 0 Å². The lowest BCUT2D eigenvalue weighted by atomic mass is 10.3. The van der Waals surface area contributed by atoms with E-state index in [-0.39, 0.29) is 0 Å². The van der Waals surface area contributed by atoms with Gasteiger partial charge in [0, 0.05) is 23.5 Å². The molecule has 2 fully saturated rings. The fourth-order valence-electron chi connectivity index (χ4n) is 1.80. The van der Waals surface area contributed by atoms with Gasteiger partial charge in [0.05, 0.1) is 5.01 Å². The van der Waals surface area contributed by atoms with E-state index in [1.54, 1.807) is 0 Å². The zero-order chi connectivity index (χ0) is 8.67. The van der Waals surface area contributed by atoms with Crippen LogP contribution in [-0.4, -0.2) is 17.6 Å². The Morgan fingerprint density at radius 2 is 2.46 bits per heavy atom. The van der Waals surface area contributed by atoms with Crippen LogP contribution in [0.2, 0.25) is 0 Å². The fraction of sp³-hybridized carbons (Fsp3) is 0.700. The summed E-state index contributed by atoms with van der Waals surface area (Å²) in [5.74, 6) is 1.66. The van der Waals surface area contributed by atoms with Crippen molar-refractivity contribution in [1.29, 1.82) is 0 Å². The highest BCUT2D eigenvalue weighted by Gasteiger charge is 2.40. The molecule has 2 aliphatic carbocycles. The predicted molar refractivity (Wildman–Crippen MR) is 54.0 cm³/mol. The number of thiazole rings is 1. The van der Waals surface area contributed by atoms with E-state index in [9.17, 15) is 0 Å². The number of rotatable bonds is 4. The van der Waals surface area contributed by atoms with E-state index >= 15 is 0 Å². The van der Waals surface area contributed by atoms with Gasteiger partial charge in [-0.3, -0.25) is 0 Å². The molecule has 1 heterocycles. The van der Waals surface area contributed by atoms with Gasteiger partial charge in [-0.15, -0.1) is 11.3 Å². The number of nitrogens with zero attached hydrogens (tertiary/aromatic N) is 1. The summed E-state index contributed by atoms with van der Waals surface area (Å²) >= 11 is 1.81. The van der Waals surface area contributed by atoms with Gasteiger partial charge in [0.2, 0.25) is 0 Å². The molecule has 70 valence electrons. The summed E-state index contributed by atoms with van der Waals surface area (Å²) in [6.07, 6.45) is 6.07. The Kier molecular flexibility index (Phi) is 1.87. The van der Waals surface area contributed by atoms with Crippen molar-refractivity contribution in [1.82, 2.24) is 10.3 Å². The Morgan fingerprint density at radius 3 is 3.15 bits per heavy atom. The molecular weight excluding hydrogens is 180 g/mol. The quantitative estimate of drug-likeness (QED) is 0.793. The summed E-state index contributed by atoms with van der Waals surface area (Å²) in [5, 5.41) is 7.02. The summed E-state index contributed by atoms with van der Waals surface area (Å²) in [6.45, 7) is 1.22. The van der Waals surface area contributed by atoms with Crippen LogP contribution in [0.25, 0.3) is 0 Å². The zero-order valence-corrected chi connectivity index (χ0v) is 8.39. The van der Waals surface area contributed by atoms with Gasteiger partial charge in [-0.05, 0) is 31.7 Å². The minimum absolute atomic E-state index is 0.784. The van der Waals surface area contributed by atoms with E-state index in [4.69, 9.17) is 0 Å². The van der Waals surface area contributed by atoms with E-state index < -0.39 is 0 Å². The fourth-order valence-corrected chi connectivity index (χ4v) is 2.65. The normalized spacial score (nSPS) is 32.0. The van der Waals surface area contributed by atoms with Crippen molar-refractivity contribution in [2.24, 2.45) is 5.92 Å². The van der Waals surface area contributed by atoms with Crippen LogP contribution in [0.4, 0.5) is 0 Å². The predicted octanol–water partition coefficient (Wildman–Crippen LogP) is 2.00. The highest BCUT2D eigenvalue weighted by molar-refractivity contribution is 7.09. The maximum absolute atomic E-state index is 4.36. The van der Waals surface area contributed by atoms with Gasteiger partial charge in [-0.1, -0.05) is 0 Å². The first-order valence-corrected chi connectivity index (χ1v) is 5.94. The third-order valence-electron chi connectivity index (χ3n) is 2.94. The highest BCUT2D eigenvalue weighted by atomic mass is 32.1. The third kappa shape index (κ3) is 1.76. The Labute approximate surface area is 82.4 Å². The van der Waals surface area contributed by atoms with Crippen molar-refractivity contribution in [2.75, 3.05) is 6.54 Å². The van der Waals surface area contributed by atoms with Crippen molar-refractivity contribution >= 4 is 11.3 Å². The highest BCUT2D eigenvalue weighted by Crippen LogP contribution is 2.47. The summed E-state index contributed by atoms with van der Waals surface area (Å²) in [6, 6.07) is 0.859. The molecule has 0 aliphatic heterocycles. The third-order valence-corrected chi connectivity index (χ3v) is 3.84. The van der Waals surface area contributed by atoms with Gasteiger partial charge in [-0.2, -0.15) is 0 Å². The van der Waals surface area contributed by atoms with Crippen LogP contribution in [0.1, 0.15) is 30.2 Å². The van der Waals surface area contributed by atoms with Crippen LogP contribution in [0.3, 0.4) is 0 Å². The minimum atomic E-state index is 0.784. The monoisotopic (exact) mass is 194 g/mol. The van der Waals surface area contributed by atoms with E-state index in [0.29, 0.717) is 0 Å². The van der Waals surface area contributed by atoms with Crippen LogP contribution in [0, 0.1) is 5.92 Å². The Morgan fingerprint density at radius 1 is 1.54 bits per heavy atom. The molecule has 2 nitrogen and oxygen atoms in total. The van der Waals surface area contributed by atoms with E-state index in [1.807, 2.05) is 17.5 Å². The van der Waals surface area contributed by atoms with Crippen molar-refractivity contribution < 1.29 is 0 Å². The molecule has 0 radical (unpaired) electrons. The molecular formula is C10H14N2S. The van der Waals surface area contributed by atoms with Crippen molar-refractivity contribution in [3.8, 4) is 0 Å². The lowest BCUT2D eigenvalue weighted by Crippen LogP contribution is -2.19. The van der Waals surface area contributed by atoms with Gasteiger partial charge in [0.25, 0.3) is 0 Å². The number of aromatic nitrogens is 1. The smallest absolute Gasteiger partial charge is 0.0959 e. The van der Waals surface area contributed by atoms with Crippen LogP contribution in [0.15, 0.2) is 11.6 Å². The standard InChI is InChI=1S/C10H14N2S/c1-2-8(1)12-6-7-5-9(7)10-11-3-4-13-10/h3-4,7-9,12H,1-2,5-6H2. The first-order chi connectivity index (χ1) is 6.43. The number of hydrogen-bond donors (Lipinski definition) is 1. The maximum Gasteiger partial charge on any atom is 0.0959 e. The average Bonchev–Trinajstić information content (AvgIpc) is 3.04. The van der Waals surface area contributed by atoms with Gasteiger partial charge in [-0.25, -0.2) is 4.98 Å². The molecule has 0 bridgehead atoms. The van der Waals surface area contributed by atoms with Crippen LogP contribution < -0.4 is 5.32 Å². The Hall–Kier alpha value is -0.410. The second-order valence-corrected chi connectivity index (χ2v) is 5.08. The Balaban J connectivity index is 1.49. The minimum Gasteiger partial charge on any atom is -0.314 e. The van der Waals surface area contributed by atoms with E-state index in [2.05, 4.69) is 15.7 Å². The second-order valence-electron chi connectivity index (χ2n) is 4.16. The maximum atomic E-state index is 4.36. The molecule has 0 saturated heterocycles. The summed E-state index contributed by atoms with van der Waals surface area (Å²) in [7, 11) is 0. The molecule has 3 rings (SSSR count). The zero-order valence-electron chi connectivity index (χ0n) is 7.57. The van der Waals surface area contributed by atoms with Gasteiger partial charge in [0.15, 0.2) is 0 Å². The summed E-state index contributed by atoms with van der Waals surface area (Å²) in [4.78, 5) is 4.36. The molecule has 2 atom stereocenters. The molecule has 2 saturated carbocycles. The van der Waals surface area contributed by atoms with Crippen molar-refractivity contribution in [3.05, 3.63) is 16.6 Å². The largest absolute Gasteiger partial charge is 0.314 e. The number of nitrogens with one attached hydrogen (secondary N) is 1. The SMILES string of the molecule is c1csc(C2CC2CNC2CC2)n1. The van der Waals surface area contributed by atoms with Crippen LogP contribution >= 0.6 is 11.3 Å². The molecule has 1 N–H and O–H groups in total. The van der Waals surface area contributed by atoms with E-state index in [0.717, 1.165) is 17.9 Å².